The molecule has 3 heteroatoms. The molecule has 2 nitrogen and oxygen atoms in total. The molecule has 0 bridgehead atoms. The van der Waals surface area contributed by atoms with Crippen molar-refractivity contribution in [3.63, 3.8) is 0 Å². The molecule has 0 spiro atoms. The lowest BCUT2D eigenvalue weighted by Crippen LogP contribution is -2.54. The van der Waals surface area contributed by atoms with Gasteiger partial charge in [0.1, 0.15) is 0 Å². The van der Waals surface area contributed by atoms with Crippen molar-refractivity contribution in [1.29, 1.82) is 0 Å². The van der Waals surface area contributed by atoms with E-state index in [1.54, 1.807) is 0 Å². The minimum absolute atomic E-state index is 0.799. The first-order chi connectivity index (χ1) is 8.92. The summed E-state index contributed by atoms with van der Waals surface area (Å²) in [6, 6.07) is 0.799. The molecule has 1 aliphatic carbocycles. The molecule has 2 unspecified atom stereocenters. The molecule has 104 valence electrons. The SMILES string of the molecule is C1CCC(C2CN(CC3CCSC3)CCN2)CC1. The molecule has 2 aliphatic heterocycles. The predicted octanol–water partition coefficient (Wildman–Crippen LogP) is 2.59. The molecule has 2 atom stereocenters. The highest BCUT2D eigenvalue weighted by atomic mass is 32.2. The maximum atomic E-state index is 3.80. The zero-order chi connectivity index (χ0) is 12.2. The van der Waals surface area contributed by atoms with E-state index in [1.807, 2.05) is 0 Å². The van der Waals surface area contributed by atoms with Crippen molar-refractivity contribution in [2.45, 2.75) is 44.6 Å². The van der Waals surface area contributed by atoms with Crippen LogP contribution in [-0.2, 0) is 0 Å². The van der Waals surface area contributed by atoms with E-state index in [1.165, 1.54) is 76.2 Å². The third-order valence-electron chi connectivity index (χ3n) is 5.05. The van der Waals surface area contributed by atoms with Crippen molar-refractivity contribution in [3.8, 4) is 0 Å². The van der Waals surface area contributed by atoms with Gasteiger partial charge in [-0.2, -0.15) is 11.8 Å². The van der Waals surface area contributed by atoms with Crippen LogP contribution in [0.25, 0.3) is 0 Å². The van der Waals surface area contributed by atoms with Crippen LogP contribution in [0.4, 0.5) is 0 Å². The van der Waals surface area contributed by atoms with Crippen molar-refractivity contribution in [3.05, 3.63) is 0 Å². The third-order valence-corrected chi connectivity index (χ3v) is 6.28. The Hall–Kier alpha value is 0.270. The summed E-state index contributed by atoms with van der Waals surface area (Å²) in [5.74, 6) is 4.78. The molecule has 0 aromatic carbocycles. The van der Waals surface area contributed by atoms with Crippen molar-refractivity contribution >= 4 is 11.8 Å². The second kappa shape index (κ2) is 6.62. The van der Waals surface area contributed by atoms with Crippen LogP contribution >= 0.6 is 11.8 Å². The van der Waals surface area contributed by atoms with Crippen molar-refractivity contribution in [1.82, 2.24) is 10.2 Å². The van der Waals surface area contributed by atoms with Gasteiger partial charge in [-0.25, -0.2) is 0 Å². The van der Waals surface area contributed by atoms with Crippen molar-refractivity contribution in [2.75, 3.05) is 37.7 Å². The summed E-state index contributed by atoms with van der Waals surface area (Å²) in [6.45, 7) is 5.20. The first-order valence-electron chi connectivity index (χ1n) is 7.95. The van der Waals surface area contributed by atoms with E-state index < -0.39 is 0 Å². The van der Waals surface area contributed by atoms with E-state index in [9.17, 15) is 0 Å². The van der Waals surface area contributed by atoms with Gasteiger partial charge in [0.2, 0.25) is 0 Å². The predicted molar refractivity (Wildman–Crippen MR) is 80.2 cm³/mol. The molecule has 3 fully saturated rings. The lowest BCUT2D eigenvalue weighted by molar-refractivity contribution is 0.134. The van der Waals surface area contributed by atoms with Crippen LogP contribution in [0.1, 0.15) is 38.5 Å². The summed E-state index contributed by atoms with van der Waals surface area (Å²) in [5, 5.41) is 3.80. The number of nitrogens with zero attached hydrogens (tertiary/aromatic N) is 1. The Labute approximate surface area is 116 Å². The minimum atomic E-state index is 0.799. The Morgan fingerprint density at radius 2 is 2.00 bits per heavy atom. The number of nitrogens with one attached hydrogen (secondary N) is 1. The molecule has 1 N–H and O–H groups in total. The van der Waals surface area contributed by atoms with Gasteiger partial charge in [0.05, 0.1) is 0 Å². The summed E-state index contributed by atoms with van der Waals surface area (Å²) in [5.41, 5.74) is 0. The van der Waals surface area contributed by atoms with E-state index in [-0.39, 0.29) is 0 Å². The summed E-state index contributed by atoms with van der Waals surface area (Å²) in [4.78, 5) is 2.76. The molecular formula is C15H28N2S. The molecule has 3 rings (SSSR count). The van der Waals surface area contributed by atoms with Crippen LogP contribution in [-0.4, -0.2) is 48.6 Å². The van der Waals surface area contributed by atoms with Gasteiger partial charge in [-0.1, -0.05) is 19.3 Å². The molecule has 2 heterocycles. The van der Waals surface area contributed by atoms with Crippen LogP contribution in [0.15, 0.2) is 0 Å². The van der Waals surface area contributed by atoms with Gasteiger partial charge in [-0.3, -0.25) is 0 Å². The van der Waals surface area contributed by atoms with Gasteiger partial charge in [-0.05, 0) is 42.6 Å². The first-order valence-corrected chi connectivity index (χ1v) is 9.11. The number of hydrogen-bond acceptors (Lipinski definition) is 3. The van der Waals surface area contributed by atoms with Crippen LogP contribution in [0.2, 0.25) is 0 Å². The summed E-state index contributed by atoms with van der Waals surface area (Å²) in [6.07, 6.45) is 8.84. The van der Waals surface area contributed by atoms with Crippen LogP contribution < -0.4 is 5.32 Å². The van der Waals surface area contributed by atoms with Gasteiger partial charge in [-0.15, -0.1) is 0 Å². The zero-order valence-electron chi connectivity index (χ0n) is 11.6. The number of thioether (sulfide) groups is 1. The number of piperazine rings is 1. The van der Waals surface area contributed by atoms with Gasteiger partial charge >= 0.3 is 0 Å². The molecule has 0 radical (unpaired) electrons. The quantitative estimate of drug-likeness (QED) is 0.847. The van der Waals surface area contributed by atoms with Crippen molar-refractivity contribution < 1.29 is 0 Å². The molecular weight excluding hydrogens is 240 g/mol. The normalized spacial score (nSPS) is 36.0. The molecule has 1 saturated carbocycles. The van der Waals surface area contributed by atoms with E-state index in [4.69, 9.17) is 0 Å². The molecule has 18 heavy (non-hydrogen) atoms. The van der Waals surface area contributed by atoms with Crippen LogP contribution in [0, 0.1) is 11.8 Å². The highest BCUT2D eigenvalue weighted by Gasteiger charge is 2.29. The molecule has 0 aromatic rings. The molecule has 2 saturated heterocycles. The smallest absolute Gasteiger partial charge is 0.0223 e. The summed E-state index contributed by atoms with van der Waals surface area (Å²) >= 11 is 2.16. The topological polar surface area (TPSA) is 15.3 Å². The Morgan fingerprint density at radius 3 is 2.78 bits per heavy atom. The Bertz CT molecular complexity index is 247. The minimum Gasteiger partial charge on any atom is -0.311 e. The van der Waals surface area contributed by atoms with E-state index in [0.29, 0.717) is 0 Å². The lowest BCUT2D eigenvalue weighted by atomic mass is 9.83. The van der Waals surface area contributed by atoms with Crippen LogP contribution in [0.5, 0.6) is 0 Å². The Balaban J connectivity index is 1.47. The summed E-state index contributed by atoms with van der Waals surface area (Å²) < 4.78 is 0. The van der Waals surface area contributed by atoms with Gasteiger partial charge in [0, 0.05) is 32.2 Å². The summed E-state index contributed by atoms with van der Waals surface area (Å²) in [7, 11) is 0. The van der Waals surface area contributed by atoms with Crippen molar-refractivity contribution in [2.24, 2.45) is 11.8 Å². The Morgan fingerprint density at radius 1 is 1.11 bits per heavy atom. The fraction of sp³-hybridized carbons (Fsp3) is 1.00. The van der Waals surface area contributed by atoms with Gasteiger partial charge in [0.25, 0.3) is 0 Å². The highest BCUT2D eigenvalue weighted by molar-refractivity contribution is 7.99. The molecule has 0 aromatic heterocycles. The van der Waals surface area contributed by atoms with E-state index >= 15 is 0 Å². The van der Waals surface area contributed by atoms with Crippen LogP contribution in [0.3, 0.4) is 0 Å². The monoisotopic (exact) mass is 268 g/mol. The Kier molecular flexibility index (Phi) is 4.88. The largest absolute Gasteiger partial charge is 0.311 e. The molecule has 3 aliphatic rings. The van der Waals surface area contributed by atoms with Gasteiger partial charge < -0.3 is 10.2 Å². The lowest BCUT2D eigenvalue weighted by Gasteiger charge is -2.40. The number of hydrogen-bond donors (Lipinski definition) is 1. The zero-order valence-corrected chi connectivity index (χ0v) is 12.4. The average molecular weight is 268 g/mol. The van der Waals surface area contributed by atoms with Gasteiger partial charge in [0.15, 0.2) is 0 Å². The standard InChI is InChI=1S/C15H28N2S/c1-2-4-14(5-3-1)15-11-17(8-7-16-15)10-13-6-9-18-12-13/h13-16H,1-12H2. The fourth-order valence-corrected chi connectivity index (χ4v) is 5.22. The third kappa shape index (κ3) is 3.43. The maximum Gasteiger partial charge on any atom is 0.0223 e. The maximum absolute atomic E-state index is 3.80. The first kappa shape index (κ1) is 13.3. The fourth-order valence-electron chi connectivity index (χ4n) is 3.95. The average Bonchev–Trinajstić information content (AvgIpc) is 2.93. The van der Waals surface area contributed by atoms with E-state index in [0.717, 1.165) is 17.9 Å². The highest BCUT2D eigenvalue weighted by Crippen LogP contribution is 2.29. The second-order valence-corrected chi connectivity index (χ2v) is 7.60. The molecule has 0 amide bonds. The van der Waals surface area contributed by atoms with E-state index in [2.05, 4.69) is 22.0 Å². The second-order valence-electron chi connectivity index (χ2n) is 6.45. The number of rotatable bonds is 3.